The fourth-order valence-corrected chi connectivity index (χ4v) is 3.63. The van der Waals surface area contributed by atoms with Crippen molar-refractivity contribution in [3.8, 4) is 5.75 Å². The van der Waals surface area contributed by atoms with Crippen molar-refractivity contribution in [2.75, 3.05) is 0 Å². The van der Waals surface area contributed by atoms with Crippen LogP contribution in [0.1, 0.15) is 40.9 Å². The second-order valence-electron chi connectivity index (χ2n) is 6.42. The first kappa shape index (κ1) is 16.3. The third-order valence-corrected chi connectivity index (χ3v) is 5.12. The molecule has 0 fully saturated rings. The van der Waals surface area contributed by atoms with Gasteiger partial charge >= 0.3 is 0 Å². The van der Waals surface area contributed by atoms with E-state index in [1.807, 2.05) is 39.0 Å². The molecule has 2 aromatic carbocycles. The number of allylic oxidation sites excluding steroid dienone is 2. The molecule has 1 aliphatic carbocycles. The number of carbonyl (C=O) groups is 1. The van der Waals surface area contributed by atoms with Gasteiger partial charge in [-0.15, -0.1) is 0 Å². The third-order valence-electron chi connectivity index (χ3n) is 4.25. The zero-order chi connectivity index (χ0) is 16.9. The molecule has 2 aromatic rings. The smallest absolute Gasteiger partial charge is 0.193 e. The molecule has 4 heteroatoms. The van der Waals surface area contributed by atoms with E-state index in [9.17, 15) is 9.90 Å². The van der Waals surface area contributed by atoms with Crippen LogP contribution in [-0.4, -0.2) is 10.9 Å². The van der Waals surface area contributed by atoms with Crippen LogP contribution in [0.5, 0.6) is 5.75 Å². The first-order valence-corrected chi connectivity index (χ1v) is 8.45. The van der Waals surface area contributed by atoms with Gasteiger partial charge in [0.15, 0.2) is 5.78 Å². The molecule has 23 heavy (non-hydrogen) atoms. The lowest BCUT2D eigenvalue weighted by Gasteiger charge is -2.31. The minimum atomic E-state index is -0.358. The Morgan fingerprint density at radius 2 is 1.83 bits per heavy atom. The first-order chi connectivity index (χ1) is 10.7. The number of phenolic OH excluding ortho intramolecular Hbond substituents is 1. The predicted molar refractivity (Wildman–Crippen MR) is 97.3 cm³/mol. The molecule has 0 unspecified atom stereocenters. The number of ketones is 1. The van der Waals surface area contributed by atoms with Crippen molar-refractivity contribution in [2.45, 2.75) is 26.2 Å². The standard InChI is InChI=1S/C19H16BrClO2/c1-10-6-11(21)4-5-12(10)14-9-19(2,3)15-8-17(22)16(20)7-13(15)18(14)23/h4-9,22H,1-3H3. The number of benzene rings is 2. The lowest BCUT2D eigenvalue weighted by molar-refractivity contribution is 0.105. The molecule has 0 saturated carbocycles. The summed E-state index contributed by atoms with van der Waals surface area (Å²) in [6.07, 6.45) is 1.97. The summed E-state index contributed by atoms with van der Waals surface area (Å²) in [5, 5.41) is 10.6. The van der Waals surface area contributed by atoms with E-state index in [0.29, 0.717) is 20.6 Å². The number of hydrogen-bond acceptors (Lipinski definition) is 2. The SMILES string of the molecule is Cc1cc(Cl)ccc1C1=CC(C)(C)c2cc(O)c(Br)cc2C1=O. The van der Waals surface area contributed by atoms with E-state index in [0.717, 1.165) is 16.7 Å². The molecule has 0 amide bonds. The van der Waals surface area contributed by atoms with Crippen LogP contribution >= 0.6 is 27.5 Å². The summed E-state index contributed by atoms with van der Waals surface area (Å²) in [4.78, 5) is 13.0. The van der Waals surface area contributed by atoms with Gasteiger partial charge in [0.2, 0.25) is 0 Å². The Morgan fingerprint density at radius 3 is 2.48 bits per heavy atom. The zero-order valence-corrected chi connectivity index (χ0v) is 15.4. The van der Waals surface area contributed by atoms with Crippen LogP contribution in [0.2, 0.25) is 5.02 Å². The number of halogens is 2. The minimum Gasteiger partial charge on any atom is -0.507 e. The molecule has 2 nitrogen and oxygen atoms in total. The first-order valence-electron chi connectivity index (χ1n) is 7.28. The maximum atomic E-state index is 13.0. The molecule has 1 N–H and O–H groups in total. The molecule has 0 atom stereocenters. The van der Waals surface area contributed by atoms with Gasteiger partial charge in [0, 0.05) is 21.6 Å². The van der Waals surface area contributed by atoms with Crippen molar-refractivity contribution in [1.82, 2.24) is 0 Å². The molecule has 0 bridgehead atoms. The van der Waals surface area contributed by atoms with E-state index in [1.165, 1.54) is 0 Å². The second kappa shape index (κ2) is 5.50. The summed E-state index contributed by atoms with van der Waals surface area (Å²) in [6, 6.07) is 8.91. The van der Waals surface area contributed by atoms with E-state index in [1.54, 1.807) is 18.2 Å². The van der Waals surface area contributed by atoms with E-state index < -0.39 is 0 Å². The Morgan fingerprint density at radius 1 is 1.13 bits per heavy atom. The molecule has 118 valence electrons. The van der Waals surface area contributed by atoms with Crippen molar-refractivity contribution < 1.29 is 9.90 Å². The highest BCUT2D eigenvalue weighted by Gasteiger charge is 2.33. The lowest BCUT2D eigenvalue weighted by Crippen LogP contribution is -2.25. The number of fused-ring (bicyclic) bond motifs is 1. The molecule has 0 aromatic heterocycles. The number of Topliss-reactive ketones (excluding diaryl/α,β-unsaturated/α-hetero) is 1. The molecular formula is C19H16BrClO2. The molecule has 0 saturated heterocycles. The van der Waals surface area contributed by atoms with Crippen molar-refractivity contribution in [3.05, 3.63) is 68.2 Å². The Hall–Kier alpha value is -1.58. The Kier molecular flexibility index (Phi) is 3.89. The molecular weight excluding hydrogens is 376 g/mol. The van der Waals surface area contributed by atoms with E-state index in [4.69, 9.17) is 11.6 Å². The van der Waals surface area contributed by atoms with E-state index in [2.05, 4.69) is 15.9 Å². The topological polar surface area (TPSA) is 37.3 Å². The van der Waals surface area contributed by atoms with Crippen LogP contribution in [0, 0.1) is 6.92 Å². The Labute approximate surface area is 148 Å². The Balaban J connectivity index is 2.24. The number of rotatable bonds is 1. The van der Waals surface area contributed by atoms with Gasteiger partial charge in [-0.25, -0.2) is 0 Å². The number of hydrogen-bond donors (Lipinski definition) is 1. The highest BCUT2D eigenvalue weighted by atomic mass is 79.9. The van der Waals surface area contributed by atoms with Crippen LogP contribution in [0.25, 0.3) is 5.57 Å². The van der Waals surface area contributed by atoms with Gasteiger partial charge in [0.05, 0.1) is 4.47 Å². The highest BCUT2D eigenvalue weighted by molar-refractivity contribution is 9.10. The monoisotopic (exact) mass is 390 g/mol. The minimum absolute atomic E-state index is 0.0366. The zero-order valence-electron chi connectivity index (χ0n) is 13.1. The van der Waals surface area contributed by atoms with Crippen LogP contribution in [0.15, 0.2) is 40.9 Å². The van der Waals surface area contributed by atoms with E-state index >= 15 is 0 Å². The van der Waals surface area contributed by atoms with Crippen molar-refractivity contribution >= 4 is 38.9 Å². The summed E-state index contributed by atoms with van der Waals surface area (Å²) < 4.78 is 0.523. The average molecular weight is 392 g/mol. The summed E-state index contributed by atoms with van der Waals surface area (Å²) in [5.74, 6) is 0.106. The fraction of sp³-hybridized carbons (Fsp3) is 0.211. The predicted octanol–water partition coefficient (Wildman–Crippen LogP) is 5.67. The van der Waals surface area contributed by atoms with Crippen molar-refractivity contribution in [1.29, 1.82) is 0 Å². The van der Waals surface area contributed by atoms with E-state index in [-0.39, 0.29) is 16.9 Å². The van der Waals surface area contributed by atoms with Gasteiger partial charge in [-0.05, 0) is 63.8 Å². The summed E-state index contributed by atoms with van der Waals surface area (Å²) in [7, 11) is 0. The normalized spacial score (nSPS) is 16.0. The molecule has 0 heterocycles. The van der Waals surface area contributed by atoms with Gasteiger partial charge in [-0.3, -0.25) is 4.79 Å². The number of aryl methyl sites for hydroxylation is 1. The summed E-state index contributed by atoms with van der Waals surface area (Å²) in [5.41, 5.74) is 3.62. The molecule has 1 aliphatic rings. The van der Waals surface area contributed by atoms with Crippen LogP contribution < -0.4 is 0 Å². The van der Waals surface area contributed by atoms with Crippen LogP contribution in [0.4, 0.5) is 0 Å². The summed E-state index contributed by atoms with van der Waals surface area (Å²) >= 11 is 9.33. The van der Waals surface area contributed by atoms with Gasteiger partial charge in [-0.1, -0.05) is 37.6 Å². The Bertz CT molecular complexity index is 866. The number of carbonyl (C=O) groups excluding carboxylic acids is 1. The average Bonchev–Trinajstić information content (AvgIpc) is 2.46. The molecule has 3 rings (SSSR count). The number of phenols is 1. The maximum Gasteiger partial charge on any atom is 0.193 e. The van der Waals surface area contributed by atoms with Gasteiger partial charge in [-0.2, -0.15) is 0 Å². The number of aromatic hydroxyl groups is 1. The third kappa shape index (κ3) is 2.73. The second-order valence-corrected chi connectivity index (χ2v) is 7.71. The lowest BCUT2D eigenvalue weighted by atomic mass is 9.72. The van der Waals surface area contributed by atoms with Crippen LogP contribution in [0.3, 0.4) is 0 Å². The highest BCUT2D eigenvalue weighted by Crippen LogP contribution is 2.42. The van der Waals surface area contributed by atoms with Gasteiger partial charge in [0.1, 0.15) is 5.75 Å². The quantitative estimate of drug-likeness (QED) is 0.679. The maximum absolute atomic E-state index is 13.0. The van der Waals surface area contributed by atoms with Crippen LogP contribution in [-0.2, 0) is 5.41 Å². The van der Waals surface area contributed by atoms with Gasteiger partial charge in [0.25, 0.3) is 0 Å². The summed E-state index contributed by atoms with van der Waals surface area (Å²) in [6.45, 7) is 6.03. The molecule has 0 radical (unpaired) electrons. The molecule has 0 spiro atoms. The van der Waals surface area contributed by atoms with Crippen molar-refractivity contribution in [3.63, 3.8) is 0 Å². The van der Waals surface area contributed by atoms with Crippen molar-refractivity contribution in [2.24, 2.45) is 0 Å². The fourth-order valence-electron chi connectivity index (χ4n) is 3.06. The van der Waals surface area contributed by atoms with Gasteiger partial charge < -0.3 is 5.11 Å². The molecule has 0 aliphatic heterocycles. The largest absolute Gasteiger partial charge is 0.507 e.